The number of carbonyl (C=O) groups excluding carboxylic acids is 2. The van der Waals surface area contributed by atoms with Crippen molar-refractivity contribution < 1.29 is 9.59 Å². The summed E-state index contributed by atoms with van der Waals surface area (Å²) in [4.78, 5) is 23.9. The number of benzene rings is 1. The maximum atomic E-state index is 12.0. The van der Waals surface area contributed by atoms with E-state index in [0.29, 0.717) is 5.17 Å². The number of anilines is 1. The summed E-state index contributed by atoms with van der Waals surface area (Å²) in [6, 6.07) is 9.19. The fourth-order valence-corrected chi connectivity index (χ4v) is 3.41. The second kappa shape index (κ2) is 7.41. The van der Waals surface area contributed by atoms with Crippen molar-refractivity contribution in [3.05, 3.63) is 30.3 Å². The molecule has 120 valence electrons. The summed E-state index contributed by atoms with van der Waals surface area (Å²) in [6.07, 6.45) is 4.40. The van der Waals surface area contributed by atoms with Gasteiger partial charge in [0.1, 0.15) is 5.25 Å². The van der Waals surface area contributed by atoms with Crippen molar-refractivity contribution in [3.8, 4) is 0 Å². The minimum Gasteiger partial charge on any atom is -0.326 e. The van der Waals surface area contributed by atoms with Crippen LogP contribution in [0.3, 0.4) is 0 Å². The number of rotatable bonds is 4. The molecule has 0 bridgehead atoms. The van der Waals surface area contributed by atoms with E-state index in [-0.39, 0.29) is 18.2 Å². The summed E-state index contributed by atoms with van der Waals surface area (Å²) >= 11 is 1.26. The van der Waals surface area contributed by atoms with Crippen molar-refractivity contribution in [3.63, 3.8) is 0 Å². The van der Waals surface area contributed by atoms with Crippen molar-refractivity contribution in [2.24, 2.45) is 10.2 Å². The van der Waals surface area contributed by atoms with E-state index in [1.165, 1.54) is 11.8 Å². The van der Waals surface area contributed by atoms with Crippen LogP contribution in [0.1, 0.15) is 32.1 Å². The second-order valence-corrected chi connectivity index (χ2v) is 6.68. The Balaban J connectivity index is 1.54. The van der Waals surface area contributed by atoms with Crippen LogP contribution < -0.4 is 10.6 Å². The number of carbonyl (C=O) groups is 2. The zero-order valence-corrected chi connectivity index (χ0v) is 13.4. The summed E-state index contributed by atoms with van der Waals surface area (Å²) in [6.45, 7) is 0. The number of hydrogen-bond donors (Lipinski definition) is 2. The molecule has 0 aromatic heterocycles. The highest BCUT2D eigenvalue weighted by atomic mass is 32.2. The van der Waals surface area contributed by atoms with Gasteiger partial charge >= 0.3 is 0 Å². The van der Waals surface area contributed by atoms with Gasteiger partial charge in [-0.15, -0.1) is 5.10 Å². The summed E-state index contributed by atoms with van der Waals surface area (Å²) in [5.41, 5.74) is 1.81. The number of amidine groups is 1. The molecule has 1 aliphatic heterocycles. The van der Waals surface area contributed by atoms with Gasteiger partial charge < -0.3 is 10.6 Å². The third kappa shape index (κ3) is 4.41. The number of amides is 2. The smallest absolute Gasteiger partial charge is 0.240 e. The fraction of sp³-hybridized carbons (Fsp3) is 0.375. The zero-order valence-electron chi connectivity index (χ0n) is 12.6. The highest BCUT2D eigenvalue weighted by molar-refractivity contribution is 8.15. The molecular formula is C16H18N4O2S. The quantitative estimate of drug-likeness (QED) is 0.832. The van der Waals surface area contributed by atoms with E-state index in [4.69, 9.17) is 0 Å². The lowest BCUT2D eigenvalue weighted by molar-refractivity contribution is -0.122. The van der Waals surface area contributed by atoms with Crippen molar-refractivity contribution in [2.75, 3.05) is 5.32 Å². The molecule has 0 radical (unpaired) electrons. The molecule has 2 amide bonds. The average molecular weight is 330 g/mol. The average Bonchev–Trinajstić information content (AvgIpc) is 3.17. The molecule has 1 aliphatic carbocycles. The van der Waals surface area contributed by atoms with E-state index in [0.717, 1.165) is 37.1 Å². The van der Waals surface area contributed by atoms with Crippen molar-refractivity contribution >= 4 is 40.1 Å². The minimum absolute atomic E-state index is 0.112. The Bertz CT molecular complexity index is 649. The highest BCUT2D eigenvalue weighted by Crippen LogP contribution is 2.23. The second-order valence-electron chi connectivity index (χ2n) is 5.49. The standard InChI is InChI=1S/C16H18N4O2S/c21-14(17-11-6-2-1-3-7-11)10-13-15(22)18-16(23-13)20-19-12-8-4-5-9-12/h1-3,6-7,13H,4-5,8-10H2,(H,17,21)(H,18,20,22). The van der Waals surface area contributed by atoms with Gasteiger partial charge in [0.25, 0.3) is 0 Å². The van der Waals surface area contributed by atoms with E-state index in [2.05, 4.69) is 20.8 Å². The molecule has 0 spiro atoms. The van der Waals surface area contributed by atoms with Crippen LogP contribution >= 0.6 is 11.8 Å². The maximum absolute atomic E-state index is 12.0. The fourth-order valence-electron chi connectivity index (χ4n) is 2.49. The molecule has 3 rings (SSSR count). The van der Waals surface area contributed by atoms with Gasteiger partial charge in [-0.25, -0.2) is 0 Å². The molecule has 1 aromatic carbocycles. The van der Waals surface area contributed by atoms with Gasteiger partial charge in [0.2, 0.25) is 11.8 Å². The molecule has 7 heteroatoms. The van der Waals surface area contributed by atoms with Gasteiger partial charge in [-0.3, -0.25) is 9.59 Å². The lowest BCUT2D eigenvalue weighted by Crippen LogP contribution is -2.28. The normalized spacial score (nSPS) is 22.3. The molecule has 23 heavy (non-hydrogen) atoms. The monoisotopic (exact) mass is 330 g/mol. The number of hydrogen-bond acceptors (Lipinski definition) is 5. The third-order valence-electron chi connectivity index (χ3n) is 3.67. The van der Waals surface area contributed by atoms with Gasteiger partial charge in [0.15, 0.2) is 5.17 Å². The largest absolute Gasteiger partial charge is 0.326 e. The summed E-state index contributed by atoms with van der Waals surface area (Å²) in [5.74, 6) is -0.379. The predicted octanol–water partition coefficient (Wildman–Crippen LogP) is 2.53. The molecule has 1 saturated heterocycles. The number of nitrogens with zero attached hydrogens (tertiary/aromatic N) is 2. The Labute approximate surface area is 138 Å². The molecule has 1 saturated carbocycles. The van der Waals surface area contributed by atoms with E-state index in [9.17, 15) is 9.59 Å². The molecule has 1 atom stereocenters. The van der Waals surface area contributed by atoms with Gasteiger partial charge in [-0.2, -0.15) is 5.10 Å². The molecule has 1 unspecified atom stereocenters. The van der Waals surface area contributed by atoms with Crippen LogP contribution in [-0.2, 0) is 9.59 Å². The first kappa shape index (κ1) is 15.7. The number of thioether (sulfide) groups is 1. The van der Waals surface area contributed by atoms with E-state index in [1.54, 1.807) is 0 Å². The summed E-state index contributed by atoms with van der Waals surface area (Å²) in [7, 11) is 0. The van der Waals surface area contributed by atoms with Gasteiger partial charge in [-0.1, -0.05) is 30.0 Å². The molecule has 6 nitrogen and oxygen atoms in total. The predicted molar refractivity (Wildman–Crippen MR) is 92.5 cm³/mol. The van der Waals surface area contributed by atoms with Crippen LogP contribution in [0.25, 0.3) is 0 Å². The lowest BCUT2D eigenvalue weighted by Gasteiger charge is -2.06. The SMILES string of the molecule is O=C(CC1S/C(=N/N=C2CCCC2)NC1=O)Nc1ccccc1. The Kier molecular flexibility index (Phi) is 5.07. The Morgan fingerprint density at radius 3 is 2.70 bits per heavy atom. The van der Waals surface area contributed by atoms with Crippen LogP contribution in [0.2, 0.25) is 0 Å². The van der Waals surface area contributed by atoms with E-state index >= 15 is 0 Å². The Hall–Kier alpha value is -2.15. The maximum Gasteiger partial charge on any atom is 0.240 e. The molecule has 1 heterocycles. The summed E-state index contributed by atoms with van der Waals surface area (Å²) < 4.78 is 0. The van der Waals surface area contributed by atoms with Gasteiger partial charge in [-0.05, 0) is 37.8 Å². The lowest BCUT2D eigenvalue weighted by atomic mass is 10.2. The van der Waals surface area contributed by atoms with Crippen molar-refractivity contribution in [1.82, 2.24) is 5.32 Å². The van der Waals surface area contributed by atoms with E-state index < -0.39 is 5.25 Å². The molecule has 2 aliphatic rings. The van der Waals surface area contributed by atoms with Crippen LogP contribution in [0.15, 0.2) is 40.5 Å². The first-order valence-corrected chi connectivity index (χ1v) is 8.54. The molecule has 2 N–H and O–H groups in total. The molecule has 2 fully saturated rings. The zero-order chi connectivity index (χ0) is 16.1. The van der Waals surface area contributed by atoms with Gasteiger partial charge in [0, 0.05) is 17.8 Å². The highest BCUT2D eigenvalue weighted by Gasteiger charge is 2.32. The number of para-hydroxylation sites is 1. The number of nitrogens with one attached hydrogen (secondary N) is 2. The first-order valence-electron chi connectivity index (χ1n) is 7.66. The van der Waals surface area contributed by atoms with Crippen molar-refractivity contribution in [2.45, 2.75) is 37.4 Å². The third-order valence-corrected chi connectivity index (χ3v) is 4.74. The van der Waals surface area contributed by atoms with Gasteiger partial charge in [0.05, 0.1) is 0 Å². The summed E-state index contributed by atoms with van der Waals surface area (Å²) in [5, 5.41) is 13.8. The van der Waals surface area contributed by atoms with E-state index in [1.807, 2.05) is 30.3 Å². The molecular weight excluding hydrogens is 312 g/mol. The van der Waals surface area contributed by atoms with Crippen LogP contribution in [-0.4, -0.2) is 27.9 Å². The minimum atomic E-state index is -0.457. The van der Waals surface area contributed by atoms with Crippen LogP contribution in [0.5, 0.6) is 0 Å². The first-order chi connectivity index (χ1) is 11.2. The topological polar surface area (TPSA) is 82.9 Å². The van der Waals surface area contributed by atoms with Crippen LogP contribution in [0, 0.1) is 0 Å². The molecule has 1 aromatic rings. The van der Waals surface area contributed by atoms with Crippen molar-refractivity contribution in [1.29, 1.82) is 0 Å². The van der Waals surface area contributed by atoms with Crippen LogP contribution in [0.4, 0.5) is 5.69 Å². The Morgan fingerprint density at radius 1 is 1.22 bits per heavy atom. The Morgan fingerprint density at radius 2 is 1.96 bits per heavy atom.